The number of hydrogen-bond donors (Lipinski definition) is 4. The van der Waals surface area contributed by atoms with Crippen molar-refractivity contribution in [2.45, 2.75) is 166 Å². The lowest BCUT2D eigenvalue weighted by atomic mass is 9.53. The summed E-state index contributed by atoms with van der Waals surface area (Å²) in [6.45, 7) is 10.2. The number of allylic oxidation sites excluding steroid dienone is 1. The molecule has 55 heavy (non-hydrogen) atoms. The second-order valence-corrected chi connectivity index (χ2v) is 19.5. The Morgan fingerprint density at radius 2 is 1.51 bits per heavy atom. The lowest BCUT2D eigenvalue weighted by Gasteiger charge is -2.56. The normalized spacial score (nSPS) is 33.5. The molecule has 5 atom stereocenters. The molecule has 1 saturated heterocycles. The minimum Gasteiger partial charge on any atom is -0.459 e. The number of urea groups is 1. The van der Waals surface area contributed by atoms with Gasteiger partial charge in [0.25, 0.3) is 5.91 Å². The third-order valence-corrected chi connectivity index (χ3v) is 15.0. The van der Waals surface area contributed by atoms with Crippen molar-refractivity contribution in [2.24, 2.45) is 40.9 Å². The Kier molecular flexibility index (Phi) is 11.5. The molecular weight excluding hydrogens is 699 g/mol. The van der Waals surface area contributed by atoms with E-state index >= 15 is 0 Å². The van der Waals surface area contributed by atoms with Crippen LogP contribution in [0, 0.1) is 40.9 Å². The van der Waals surface area contributed by atoms with E-state index in [1.807, 2.05) is 6.92 Å². The van der Waals surface area contributed by atoms with Crippen LogP contribution in [0.5, 0.6) is 0 Å². The molecular formula is C43H65N5O7. The van der Waals surface area contributed by atoms with Crippen LogP contribution >= 0.6 is 0 Å². The van der Waals surface area contributed by atoms with Gasteiger partial charge in [-0.3, -0.25) is 24.0 Å². The van der Waals surface area contributed by atoms with Gasteiger partial charge in [-0.2, -0.15) is 0 Å². The van der Waals surface area contributed by atoms with Crippen LogP contribution < -0.4 is 21.3 Å². The number of amides is 5. The van der Waals surface area contributed by atoms with Gasteiger partial charge >= 0.3 is 12.0 Å². The van der Waals surface area contributed by atoms with Crippen molar-refractivity contribution in [3.05, 3.63) is 12.7 Å². The maximum atomic E-state index is 14.8. The maximum Gasteiger partial charge on any atom is 0.315 e. The fraction of sp³-hybridized carbons (Fsp3) is 0.814. The van der Waals surface area contributed by atoms with Crippen LogP contribution in [0.25, 0.3) is 0 Å². The molecule has 0 aromatic carbocycles. The number of ketones is 1. The third-order valence-electron chi connectivity index (χ3n) is 15.0. The van der Waals surface area contributed by atoms with E-state index in [1.165, 1.54) is 19.3 Å². The molecule has 5 amide bonds. The molecule has 0 unspecified atom stereocenters. The number of rotatable bonds is 15. The fourth-order valence-corrected chi connectivity index (χ4v) is 12.4. The zero-order chi connectivity index (χ0) is 39.1. The highest BCUT2D eigenvalue weighted by molar-refractivity contribution is 6.38. The van der Waals surface area contributed by atoms with Crippen LogP contribution in [0.2, 0.25) is 0 Å². The Balaban J connectivity index is 1.01. The highest BCUT2D eigenvalue weighted by atomic mass is 16.6. The molecule has 0 radical (unpaired) electrons. The van der Waals surface area contributed by atoms with E-state index in [4.69, 9.17) is 4.74 Å². The first kappa shape index (κ1) is 39.8. The molecule has 8 aliphatic rings. The number of likely N-dealkylation sites (tertiary alicyclic amines) is 1. The first-order chi connectivity index (χ1) is 26.2. The van der Waals surface area contributed by atoms with E-state index < -0.39 is 47.3 Å². The Bertz CT molecular complexity index is 1490. The summed E-state index contributed by atoms with van der Waals surface area (Å²) in [6, 6.07) is -3.00. The molecule has 8 rings (SSSR count). The Hall–Kier alpha value is -3.44. The van der Waals surface area contributed by atoms with Crippen molar-refractivity contribution >= 4 is 35.5 Å². The van der Waals surface area contributed by atoms with Gasteiger partial charge in [-0.1, -0.05) is 39.2 Å². The fourth-order valence-electron chi connectivity index (χ4n) is 12.4. The summed E-state index contributed by atoms with van der Waals surface area (Å²) in [5.74, 6) is -0.834. The van der Waals surface area contributed by atoms with E-state index in [2.05, 4.69) is 41.7 Å². The van der Waals surface area contributed by atoms with Crippen LogP contribution in [0.15, 0.2) is 12.7 Å². The van der Waals surface area contributed by atoms with Crippen molar-refractivity contribution in [1.82, 2.24) is 26.2 Å². The number of hydrogen-bond acceptors (Lipinski definition) is 7. The molecule has 8 fully saturated rings. The van der Waals surface area contributed by atoms with Crippen molar-refractivity contribution < 1.29 is 33.5 Å². The van der Waals surface area contributed by atoms with Crippen LogP contribution in [-0.2, 0) is 28.7 Å². The number of piperidine rings is 1. The van der Waals surface area contributed by atoms with Gasteiger partial charge in [-0.25, -0.2) is 4.79 Å². The van der Waals surface area contributed by atoms with Gasteiger partial charge in [0.2, 0.25) is 17.6 Å². The van der Waals surface area contributed by atoms with Crippen molar-refractivity contribution in [3.8, 4) is 0 Å². The maximum absolute atomic E-state index is 14.8. The zero-order valence-electron chi connectivity index (χ0n) is 33.4. The zero-order valence-corrected chi connectivity index (χ0v) is 33.4. The first-order valence-electron chi connectivity index (χ1n) is 21.6. The van der Waals surface area contributed by atoms with Crippen LogP contribution in [0.3, 0.4) is 0 Å². The third kappa shape index (κ3) is 8.48. The standard InChI is InChI=1S/C43H65N5O7/c1-5-6-14-31(36(50)38(52)44-18-15-32(49)55-42(4)16-10-11-17-42)45-37(51)35-33-30(41(33,2)3)25-48(35)39(53)34(29-12-8-7-9-13-29)46-40(54)47-43-22-26-19-27(23-43)21-28(20-26)24-43/h5,26-31,33-35H,1,6-25H2,2-4H3,(H,44,52)(H,45,51)(H2,46,47,54)/t26?,27?,28?,30-,31-,33-,34-,35-,43?/m0/s1. The van der Waals surface area contributed by atoms with Gasteiger partial charge in [0.15, 0.2) is 0 Å². The number of Topliss-reactive ketones (excluding diaryl/α,β-unsaturated/α-hetero) is 1. The summed E-state index contributed by atoms with van der Waals surface area (Å²) in [5, 5.41) is 12.0. The molecule has 4 bridgehead atoms. The van der Waals surface area contributed by atoms with Gasteiger partial charge in [-0.15, -0.1) is 6.58 Å². The summed E-state index contributed by atoms with van der Waals surface area (Å²) in [6.07, 6.45) is 17.3. The van der Waals surface area contributed by atoms with Crippen LogP contribution in [0.1, 0.15) is 136 Å². The van der Waals surface area contributed by atoms with Crippen LogP contribution in [0.4, 0.5) is 4.79 Å². The topological polar surface area (TPSA) is 163 Å². The predicted octanol–water partition coefficient (Wildman–Crippen LogP) is 5.09. The Morgan fingerprint density at radius 3 is 2.13 bits per heavy atom. The molecule has 0 aromatic heterocycles. The number of carbonyl (C=O) groups is 6. The summed E-state index contributed by atoms with van der Waals surface area (Å²) in [5.41, 5.74) is -0.851. The number of nitrogens with zero attached hydrogens (tertiary/aromatic N) is 1. The number of ether oxygens (including phenoxy) is 1. The number of nitrogens with one attached hydrogen (secondary N) is 4. The average molecular weight is 764 g/mol. The monoisotopic (exact) mass is 763 g/mol. The van der Waals surface area contributed by atoms with Gasteiger partial charge in [0.1, 0.15) is 17.7 Å². The highest BCUT2D eigenvalue weighted by Crippen LogP contribution is 2.65. The average Bonchev–Trinajstić information content (AvgIpc) is 3.47. The summed E-state index contributed by atoms with van der Waals surface area (Å²) in [4.78, 5) is 83.7. The minimum atomic E-state index is -1.13. The lowest BCUT2D eigenvalue weighted by molar-refractivity contribution is -0.157. The van der Waals surface area contributed by atoms with E-state index in [0.29, 0.717) is 30.7 Å². The van der Waals surface area contributed by atoms with Crippen molar-refractivity contribution in [2.75, 3.05) is 13.1 Å². The van der Waals surface area contributed by atoms with Gasteiger partial charge in [0, 0.05) is 18.6 Å². The van der Waals surface area contributed by atoms with Crippen molar-refractivity contribution in [3.63, 3.8) is 0 Å². The molecule has 0 aromatic rings. The number of fused-ring (bicyclic) bond motifs is 1. The largest absolute Gasteiger partial charge is 0.459 e. The van der Waals surface area contributed by atoms with Gasteiger partial charge in [0.05, 0.1) is 12.5 Å². The molecule has 7 aliphatic carbocycles. The predicted molar refractivity (Wildman–Crippen MR) is 206 cm³/mol. The molecule has 304 valence electrons. The second-order valence-electron chi connectivity index (χ2n) is 19.5. The highest BCUT2D eigenvalue weighted by Gasteiger charge is 2.70. The van der Waals surface area contributed by atoms with Crippen LogP contribution in [-0.4, -0.2) is 82.8 Å². The Labute approximate surface area is 326 Å². The van der Waals surface area contributed by atoms with E-state index in [1.54, 1.807) is 11.0 Å². The quantitative estimate of drug-likeness (QED) is 0.103. The molecule has 1 aliphatic heterocycles. The summed E-state index contributed by atoms with van der Waals surface area (Å²) >= 11 is 0. The van der Waals surface area contributed by atoms with E-state index in [-0.39, 0.29) is 60.0 Å². The lowest BCUT2D eigenvalue weighted by Crippen LogP contribution is -2.64. The first-order valence-corrected chi connectivity index (χ1v) is 21.6. The molecule has 12 heteroatoms. The summed E-state index contributed by atoms with van der Waals surface area (Å²) < 4.78 is 5.64. The Morgan fingerprint density at radius 1 is 0.873 bits per heavy atom. The molecule has 4 N–H and O–H groups in total. The number of esters is 1. The van der Waals surface area contributed by atoms with Gasteiger partial charge in [-0.05, 0) is 138 Å². The minimum absolute atomic E-state index is 0.0269. The summed E-state index contributed by atoms with van der Waals surface area (Å²) in [7, 11) is 0. The van der Waals surface area contributed by atoms with E-state index in [9.17, 15) is 28.8 Å². The van der Waals surface area contributed by atoms with Crippen molar-refractivity contribution in [1.29, 1.82) is 0 Å². The second kappa shape index (κ2) is 15.8. The SMILES string of the molecule is C=CCC[C@H](NC(=O)[C@@H]1[C@@H]2[C@H](CN1C(=O)[C@@H](NC(=O)NC13CC4CC(CC(C4)C1)C3)C1CCCCC1)C2(C)C)C(=O)C(=O)NCCC(=O)OC1(C)CCCC1. The molecule has 1 heterocycles. The van der Waals surface area contributed by atoms with Gasteiger partial charge < -0.3 is 30.9 Å². The van der Waals surface area contributed by atoms with E-state index in [0.717, 1.165) is 77.0 Å². The molecule has 7 saturated carbocycles. The molecule has 0 spiro atoms. The molecule has 12 nitrogen and oxygen atoms in total. The number of carbonyl (C=O) groups excluding carboxylic acids is 6. The smallest absolute Gasteiger partial charge is 0.315 e.